The molecular formula is C19H21ClN2OS. The molecule has 1 N–H and O–H groups in total. The summed E-state index contributed by atoms with van der Waals surface area (Å²) in [7, 11) is 0. The van der Waals surface area contributed by atoms with Crippen molar-refractivity contribution in [1.29, 1.82) is 0 Å². The summed E-state index contributed by atoms with van der Waals surface area (Å²) in [4.78, 5) is 16.9. The first-order valence-electron chi connectivity index (χ1n) is 8.17. The Morgan fingerprint density at radius 3 is 2.79 bits per heavy atom. The summed E-state index contributed by atoms with van der Waals surface area (Å²) in [6, 6.07) is 13.8. The molecule has 1 aromatic carbocycles. The molecule has 1 aromatic heterocycles. The SMILES string of the molecule is Cc1cccc([C@H](NC(=O)CSCc2ccccc2Cl)C2CC2)n1. The third-order valence-electron chi connectivity index (χ3n) is 4.09. The van der Waals surface area contributed by atoms with E-state index in [1.54, 1.807) is 11.8 Å². The maximum atomic E-state index is 12.3. The van der Waals surface area contributed by atoms with Crippen LogP contribution in [0.2, 0.25) is 5.02 Å². The molecule has 1 amide bonds. The number of aromatic nitrogens is 1. The number of carbonyl (C=O) groups is 1. The molecule has 0 unspecified atom stereocenters. The van der Waals surface area contributed by atoms with Crippen LogP contribution in [0.3, 0.4) is 0 Å². The summed E-state index contributed by atoms with van der Waals surface area (Å²) in [6.45, 7) is 1.98. The molecule has 1 heterocycles. The molecule has 1 saturated carbocycles. The third-order valence-corrected chi connectivity index (χ3v) is 5.44. The first kappa shape index (κ1) is 17.3. The van der Waals surface area contributed by atoms with Crippen LogP contribution in [0.5, 0.6) is 0 Å². The smallest absolute Gasteiger partial charge is 0.230 e. The molecule has 5 heteroatoms. The standard InChI is InChI=1S/C19H21ClN2OS/c1-13-5-4-8-17(21-13)19(14-9-10-14)22-18(23)12-24-11-15-6-2-3-7-16(15)20/h2-8,14,19H,9-12H2,1H3,(H,22,23)/t19-/m1/s1. The van der Waals surface area contributed by atoms with Crippen LogP contribution < -0.4 is 5.32 Å². The molecule has 3 rings (SSSR count). The maximum absolute atomic E-state index is 12.3. The number of halogens is 1. The highest BCUT2D eigenvalue weighted by molar-refractivity contribution is 7.99. The van der Waals surface area contributed by atoms with Gasteiger partial charge in [-0.25, -0.2) is 0 Å². The first-order chi connectivity index (χ1) is 11.6. The van der Waals surface area contributed by atoms with Crippen LogP contribution in [0.15, 0.2) is 42.5 Å². The number of hydrogen-bond donors (Lipinski definition) is 1. The van der Waals surface area contributed by atoms with Gasteiger partial charge in [0, 0.05) is 16.5 Å². The fourth-order valence-corrected chi connectivity index (χ4v) is 3.81. The molecule has 3 nitrogen and oxygen atoms in total. The molecule has 1 atom stereocenters. The number of amides is 1. The molecule has 0 bridgehead atoms. The van der Waals surface area contributed by atoms with Crippen LogP contribution in [0, 0.1) is 12.8 Å². The molecular weight excluding hydrogens is 340 g/mol. The van der Waals surface area contributed by atoms with Gasteiger partial charge in [-0.3, -0.25) is 9.78 Å². The number of carbonyl (C=O) groups excluding carboxylic acids is 1. The second-order valence-corrected chi connectivity index (χ2v) is 7.56. The van der Waals surface area contributed by atoms with E-state index in [9.17, 15) is 4.79 Å². The lowest BCUT2D eigenvalue weighted by molar-refractivity contribution is -0.119. The zero-order valence-electron chi connectivity index (χ0n) is 13.7. The van der Waals surface area contributed by atoms with Gasteiger partial charge in [0.15, 0.2) is 0 Å². The van der Waals surface area contributed by atoms with Gasteiger partial charge in [0.05, 0.1) is 17.5 Å². The zero-order chi connectivity index (χ0) is 16.9. The lowest BCUT2D eigenvalue weighted by Gasteiger charge is -2.18. The Balaban J connectivity index is 1.54. The van der Waals surface area contributed by atoms with E-state index >= 15 is 0 Å². The highest BCUT2D eigenvalue weighted by Crippen LogP contribution is 2.40. The Labute approximate surface area is 152 Å². The predicted molar refractivity (Wildman–Crippen MR) is 100 cm³/mol. The second kappa shape index (κ2) is 8.04. The number of pyridine rings is 1. The van der Waals surface area contributed by atoms with Crippen molar-refractivity contribution in [3.05, 3.63) is 64.4 Å². The Bertz CT molecular complexity index is 718. The fraction of sp³-hybridized carbons (Fsp3) is 0.368. The summed E-state index contributed by atoms with van der Waals surface area (Å²) in [5, 5.41) is 3.92. The molecule has 24 heavy (non-hydrogen) atoms. The van der Waals surface area contributed by atoms with Crippen molar-refractivity contribution in [3.8, 4) is 0 Å². The van der Waals surface area contributed by atoms with Crippen molar-refractivity contribution < 1.29 is 4.79 Å². The van der Waals surface area contributed by atoms with Crippen LogP contribution in [0.1, 0.15) is 35.8 Å². The molecule has 0 aliphatic heterocycles. The van der Waals surface area contributed by atoms with Crippen molar-refractivity contribution in [2.24, 2.45) is 5.92 Å². The van der Waals surface area contributed by atoms with Crippen molar-refractivity contribution in [2.75, 3.05) is 5.75 Å². The molecule has 1 aliphatic carbocycles. The van der Waals surface area contributed by atoms with Crippen LogP contribution in [-0.2, 0) is 10.5 Å². The van der Waals surface area contributed by atoms with Crippen LogP contribution in [0.4, 0.5) is 0 Å². The molecule has 1 aliphatic rings. The van der Waals surface area contributed by atoms with Gasteiger partial charge >= 0.3 is 0 Å². The molecule has 126 valence electrons. The van der Waals surface area contributed by atoms with Gasteiger partial charge in [0.25, 0.3) is 0 Å². The zero-order valence-corrected chi connectivity index (χ0v) is 15.2. The van der Waals surface area contributed by atoms with E-state index in [1.807, 2.05) is 49.4 Å². The summed E-state index contributed by atoms with van der Waals surface area (Å²) in [5.41, 5.74) is 3.03. The van der Waals surface area contributed by atoms with Gasteiger partial charge in [0.2, 0.25) is 5.91 Å². The fourth-order valence-electron chi connectivity index (χ4n) is 2.68. The van der Waals surface area contributed by atoms with E-state index in [2.05, 4.69) is 10.3 Å². The molecule has 0 spiro atoms. The summed E-state index contributed by atoms with van der Waals surface area (Å²) < 4.78 is 0. The number of nitrogens with zero attached hydrogens (tertiary/aromatic N) is 1. The Kier molecular flexibility index (Phi) is 5.80. The van der Waals surface area contributed by atoms with E-state index in [4.69, 9.17) is 11.6 Å². The van der Waals surface area contributed by atoms with Crippen LogP contribution in [0.25, 0.3) is 0 Å². The van der Waals surface area contributed by atoms with Gasteiger partial charge in [-0.2, -0.15) is 0 Å². The van der Waals surface area contributed by atoms with E-state index in [-0.39, 0.29) is 11.9 Å². The normalized spacial score (nSPS) is 15.1. The largest absolute Gasteiger partial charge is 0.347 e. The van der Waals surface area contributed by atoms with Gasteiger partial charge in [0.1, 0.15) is 0 Å². The van der Waals surface area contributed by atoms with Crippen molar-refractivity contribution >= 4 is 29.3 Å². The lowest BCUT2D eigenvalue weighted by atomic mass is 10.1. The Morgan fingerprint density at radius 1 is 1.29 bits per heavy atom. The predicted octanol–water partition coefficient (Wildman–Crippen LogP) is 4.54. The summed E-state index contributed by atoms with van der Waals surface area (Å²) >= 11 is 7.73. The number of thioether (sulfide) groups is 1. The van der Waals surface area contributed by atoms with Gasteiger partial charge in [-0.15, -0.1) is 11.8 Å². The average Bonchev–Trinajstić information content (AvgIpc) is 3.39. The molecule has 1 fully saturated rings. The minimum atomic E-state index is 0.0401. The second-order valence-electron chi connectivity index (χ2n) is 6.17. The van der Waals surface area contributed by atoms with Gasteiger partial charge in [-0.05, 0) is 49.4 Å². The Morgan fingerprint density at radius 2 is 2.08 bits per heavy atom. The number of aryl methyl sites for hydroxylation is 1. The summed E-state index contributed by atoms with van der Waals surface area (Å²) in [5.74, 6) is 1.76. The first-order valence-corrected chi connectivity index (χ1v) is 9.71. The lowest BCUT2D eigenvalue weighted by Crippen LogP contribution is -2.31. The van der Waals surface area contributed by atoms with E-state index in [1.165, 1.54) is 0 Å². The molecule has 0 saturated heterocycles. The van der Waals surface area contributed by atoms with E-state index in [0.717, 1.165) is 40.6 Å². The average molecular weight is 361 g/mol. The number of benzene rings is 1. The molecule has 2 aromatic rings. The van der Waals surface area contributed by atoms with Crippen LogP contribution >= 0.6 is 23.4 Å². The van der Waals surface area contributed by atoms with Crippen molar-refractivity contribution in [2.45, 2.75) is 31.6 Å². The highest BCUT2D eigenvalue weighted by atomic mass is 35.5. The van der Waals surface area contributed by atoms with Crippen LogP contribution in [-0.4, -0.2) is 16.6 Å². The van der Waals surface area contributed by atoms with Crippen molar-refractivity contribution in [1.82, 2.24) is 10.3 Å². The van der Waals surface area contributed by atoms with E-state index in [0.29, 0.717) is 11.7 Å². The number of rotatable bonds is 7. The third kappa shape index (κ3) is 4.74. The molecule has 0 radical (unpaired) electrons. The number of hydrogen-bond acceptors (Lipinski definition) is 3. The van der Waals surface area contributed by atoms with Crippen molar-refractivity contribution in [3.63, 3.8) is 0 Å². The Hall–Kier alpha value is -1.52. The minimum absolute atomic E-state index is 0.0401. The minimum Gasteiger partial charge on any atom is -0.347 e. The highest BCUT2D eigenvalue weighted by Gasteiger charge is 2.34. The number of nitrogens with one attached hydrogen (secondary N) is 1. The topological polar surface area (TPSA) is 42.0 Å². The van der Waals surface area contributed by atoms with Gasteiger partial charge < -0.3 is 5.32 Å². The maximum Gasteiger partial charge on any atom is 0.230 e. The van der Waals surface area contributed by atoms with Gasteiger partial charge in [-0.1, -0.05) is 35.9 Å². The quantitative estimate of drug-likeness (QED) is 0.787. The van der Waals surface area contributed by atoms with E-state index < -0.39 is 0 Å². The summed E-state index contributed by atoms with van der Waals surface area (Å²) in [6.07, 6.45) is 2.32. The monoisotopic (exact) mass is 360 g/mol.